The molecule has 1 heterocycles. The third-order valence-electron chi connectivity index (χ3n) is 3.35. The van der Waals surface area contributed by atoms with Gasteiger partial charge in [0.1, 0.15) is 4.88 Å². The fourth-order valence-electron chi connectivity index (χ4n) is 2.20. The average Bonchev–Trinajstić information content (AvgIpc) is 2.94. The number of hydrogen-bond donors (Lipinski definition) is 1. The number of carbonyl (C=O) groups excluding carboxylic acids is 2. The van der Waals surface area contributed by atoms with E-state index in [1.54, 1.807) is 24.3 Å². The van der Waals surface area contributed by atoms with Gasteiger partial charge in [-0.05, 0) is 43.2 Å². The third kappa shape index (κ3) is 4.67. The Hall–Kier alpha value is -2.65. The Morgan fingerprint density at radius 1 is 1.33 bits per heavy atom. The van der Waals surface area contributed by atoms with Crippen molar-refractivity contribution in [2.45, 2.75) is 26.7 Å². The highest BCUT2D eigenvalue weighted by Gasteiger charge is 2.15. The molecule has 2 rings (SSSR count). The van der Waals surface area contributed by atoms with Crippen LogP contribution >= 0.6 is 11.3 Å². The second kappa shape index (κ2) is 8.27. The zero-order chi connectivity index (χ0) is 17.5. The van der Waals surface area contributed by atoms with Crippen LogP contribution in [0.15, 0.2) is 30.3 Å². The van der Waals surface area contributed by atoms with Crippen LogP contribution in [0.4, 0.5) is 5.69 Å². The molecule has 0 bridgehead atoms. The summed E-state index contributed by atoms with van der Waals surface area (Å²) in [6, 6.07) is 10.4. The van der Waals surface area contributed by atoms with Crippen LogP contribution in [0.3, 0.4) is 0 Å². The van der Waals surface area contributed by atoms with Gasteiger partial charge in [0.2, 0.25) is 0 Å². The van der Waals surface area contributed by atoms with E-state index in [0.29, 0.717) is 16.1 Å². The van der Waals surface area contributed by atoms with Crippen LogP contribution in [0.2, 0.25) is 0 Å². The standard InChI is InChI=1S/C18H18N2O3S/c1-3-5-14-9-16(24-12(14)2)18(22)23-11-17(21)20-15-7-4-6-13(8-15)10-19/h4,6-9H,3,5,11H2,1-2H3,(H,20,21). The normalized spacial score (nSPS) is 10.0. The highest BCUT2D eigenvalue weighted by molar-refractivity contribution is 7.14. The minimum Gasteiger partial charge on any atom is -0.451 e. The highest BCUT2D eigenvalue weighted by Crippen LogP contribution is 2.23. The molecule has 0 saturated heterocycles. The molecule has 0 fully saturated rings. The lowest BCUT2D eigenvalue weighted by Gasteiger charge is -2.06. The summed E-state index contributed by atoms with van der Waals surface area (Å²) >= 11 is 1.38. The number of amides is 1. The smallest absolute Gasteiger partial charge is 0.348 e. The molecule has 2 aromatic rings. The van der Waals surface area contributed by atoms with Crippen LogP contribution in [0.5, 0.6) is 0 Å². The van der Waals surface area contributed by atoms with Gasteiger partial charge in [-0.15, -0.1) is 11.3 Å². The van der Waals surface area contributed by atoms with Crippen molar-refractivity contribution in [1.29, 1.82) is 5.26 Å². The van der Waals surface area contributed by atoms with Crippen molar-refractivity contribution in [3.05, 3.63) is 51.2 Å². The number of nitrogens with zero attached hydrogens (tertiary/aromatic N) is 1. The molecule has 6 heteroatoms. The maximum absolute atomic E-state index is 12.0. The lowest BCUT2D eigenvalue weighted by Crippen LogP contribution is -2.20. The summed E-state index contributed by atoms with van der Waals surface area (Å²) in [6.45, 7) is 3.69. The summed E-state index contributed by atoms with van der Waals surface area (Å²) in [5.41, 5.74) is 2.09. The largest absolute Gasteiger partial charge is 0.451 e. The first-order chi connectivity index (χ1) is 11.5. The lowest BCUT2D eigenvalue weighted by molar-refractivity contribution is -0.119. The van der Waals surface area contributed by atoms with Crippen molar-refractivity contribution in [1.82, 2.24) is 0 Å². The summed E-state index contributed by atoms with van der Waals surface area (Å²) in [5.74, 6) is -0.938. The Morgan fingerprint density at radius 3 is 2.83 bits per heavy atom. The molecule has 24 heavy (non-hydrogen) atoms. The van der Waals surface area contributed by atoms with Crippen molar-refractivity contribution in [3.8, 4) is 6.07 Å². The van der Waals surface area contributed by atoms with Gasteiger partial charge in [0.25, 0.3) is 5.91 Å². The van der Waals surface area contributed by atoms with E-state index in [-0.39, 0.29) is 6.61 Å². The molecule has 124 valence electrons. The monoisotopic (exact) mass is 342 g/mol. The number of anilines is 1. The minimum atomic E-state index is -0.494. The number of nitriles is 1. The second-order valence-electron chi connectivity index (χ2n) is 5.26. The zero-order valence-electron chi connectivity index (χ0n) is 13.6. The van der Waals surface area contributed by atoms with E-state index in [1.807, 2.05) is 19.1 Å². The summed E-state index contributed by atoms with van der Waals surface area (Å²) < 4.78 is 5.06. The molecule has 0 radical (unpaired) electrons. The Morgan fingerprint density at radius 2 is 2.12 bits per heavy atom. The van der Waals surface area contributed by atoms with Gasteiger partial charge in [-0.2, -0.15) is 5.26 Å². The molecular weight excluding hydrogens is 324 g/mol. The number of rotatable bonds is 6. The van der Waals surface area contributed by atoms with Gasteiger partial charge in [-0.25, -0.2) is 4.79 Å². The summed E-state index contributed by atoms with van der Waals surface area (Å²) in [4.78, 5) is 25.5. The first kappa shape index (κ1) is 17.7. The van der Waals surface area contributed by atoms with Crippen LogP contribution < -0.4 is 5.32 Å². The molecule has 5 nitrogen and oxygen atoms in total. The molecular formula is C18H18N2O3S. The fourth-order valence-corrected chi connectivity index (χ4v) is 3.17. The van der Waals surface area contributed by atoms with E-state index in [2.05, 4.69) is 12.2 Å². The van der Waals surface area contributed by atoms with Crippen LogP contribution in [0.1, 0.15) is 39.0 Å². The van der Waals surface area contributed by atoms with Crippen molar-refractivity contribution in [2.75, 3.05) is 11.9 Å². The molecule has 1 N–H and O–H groups in total. The number of esters is 1. The van der Waals surface area contributed by atoms with Gasteiger partial charge >= 0.3 is 5.97 Å². The van der Waals surface area contributed by atoms with E-state index >= 15 is 0 Å². The first-order valence-corrected chi connectivity index (χ1v) is 8.41. The summed E-state index contributed by atoms with van der Waals surface area (Å²) in [5, 5.41) is 11.4. The number of nitrogens with one attached hydrogen (secondary N) is 1. The molecule has 0 aliphatic heterocycles. The zero-order valence-corrected chi connectivity index (χ0v) is 14.4. The van der Waals surface area contributed by atoms with Gasteiger partial charge in [0, 0.05) is 10.6 Å². The highest BCUT2D eigenvalue weighted by atomic mass is 32.1. The predicted molar refractivity (Wildman–Crippen MR) is 93.1 cm³/mol. The summed E-state index contributed by atoms with van der Waals surface area (Å²) in [7, 11) is 0. The van der Waals surface area contributed by atoms with E-state index in [1.165, 1.54) is 11.3 Å². The molecule has 0 aliphatic carbocycles. The van der Waals surface area contributed by atoms with Crippen molar-refractivity contribution < 1.29 is 14.3 Å². The minimum absolute atomic E-state index is 0.365. The van der Waals surface area contributed by atoms with Crippen LogP contribution in [-0.4, -0.2) is 18.5 Å². The molecule has 0 unspecified atom stereocenters. The van der Waals surface area contributed by atoms with E-state index in [9.17, 15) is 9.59 Å². The number of benzene rings is 1. The number of thiophene rings is 1. The van der Waals surface area contributed by atoms with Gasteiger partial charge < -0.3 is 10.1 Å². The van der Waals surface area contributed by atoms with Crippen molar-refractivity contribution in [3.63, 3.8) is 0 Å². The average molecular weight is 342 g/mol. The van der Waals surface area contributed by atoms with Gasteiger partial charge in [-0.1, -0.05) is 19.4 Å². The topological polar surface area (TPSA) is 79.2 Å². The molecule has 1 aromatic heterocycles. The van der Waals surface area contributed by atoms with E-state index < -0.39 is 11.9 Å². The Balaban J connectivity index is 1.90. The lowest BCUT2D eigenvalue weighted by atomic mass is 10.1. The Labute approximate surface area is 144 Å². The summed E-state index contributed by atoms with van der Waals surface area (Å²) in [6.07, 6.45) is 1.93. The third-order valence-corrected chi connectivity index (χ3v) is 4.42. The fraction of sp³-hybridized carbons (Fsp3) is 0.278. The molecule has 1 amide bonds. The van der Waals surface area contributed by atoms with E-state index in [4.69, 9.17) is 10.00 Å². The maximum atomic E-state index is 12.0. The van der Waals surface area contributed by atoms with Gasteiger partial charge in [-0.3, -0.25) is 4.79 Å². The maximum Gasteiger partial charge on any atom is 0.348 e. The quantitative estimate of drug-likeness (QED) is 0.812. The number of aryl methyl sites for hydroxylation is 2. The molecule has 0 atom stereocenters. The SMILES string of the molecule is CCCc1cc(C(=O)OCC(=O)Nc2cccc(C#N)c2)sc1C. The molecule has 0 spiro atoms. The van der Waals surface area contributed by atoms with Crippen LogP contribution in [0.25, 0.3) is 0 Å². The van der Waals surface area contributed by atoms with Crippen molar-refractivity contribution in [2.24, 2.45) is 0 Å². The first-order valence-electron chi connectivity index (χ1n) is 7.60. The van der Waals surface area contributed by atoms with Gasteiger partial charge in [0.15, 0.2) is 6.61 Å². The Bertz CT molecular complexity index is 790. The Kier molecular flexibility index (Phi) is 6.10. The molecule has 0 saturated carbocycles. The second-order valence-corrected chi connectivity index (χ2v) is 6.52. The predicted octanol–water partition coefficient (Wildman–Crippen LogP) is 3.68. The number of ether oxygens (including phenoxy) is 1. The van der Waals surface area contributed by atoms with Crippen molar-refractivity contribution >= 4 is 28.9 Å². The molecule has 0 aliphatic rings. The van der Waals surface area contributed by atoms with Gasteiger partial charge in [0.05, 0.1) is 11.6 Å². The number of carbonyl (C=O) groups is 2. The number of hydrogen-bond acceptors (Lipinski definition) is 5. The van der Waals surface area contributed by atoms with Crippen LogP contribution in [0, 0.1) is 18.3 Å². The molecule has 1 aromatic carbocycles. The van der Waals surface area contributed by atoms with E-state index in [0.717, 1.165) is 23.3 Å². The van der Waals surface area contributed by atoms with Crippen LogP contribution in [-0.2, 0) is 16.0 Å².